The molecule has 3 rings (SSSR count). The summed E-state index contributed by atoms with van der Waals surface area (Å²) >= 11 is 3.53. The average molecular weight is 336 g/mol. The lowest BCUT2D eigenvalue weighted by atomic mass is 9.87. The van der Waals surface area contributed by atoms with Crippen molar-refractivity contribution in [2.45, 2.75) is 55.1 Å². The van der Waals surface area contributed by atoms with Crippen molar-refractivity contribution in [1.82, 2.24) is 4.31 Å². The molecule has 2 saturated carbocycles. The topological polar surface area (TPSA) is 54.5 Å². The molecule has 0 N–H and O–H groups in total. The molecular weight excluding hydrogens is 318 g/mol. The van der Waals surface area contributed by atoms with E-state index in [9.17, 15) is 13.2 Å². The van der Waals surface area contributed by atoms with Gasteiger partial charge >= 0.3 is 0 Å². The van der Waals surface area contributed by atoms with Crippen LogP contribution in [0.4, 0.5) is 0 Å². The van der Waals surface area contributed by atoms with Crippen LogP contribution in [0.1, 0.15) is 40.0 Å². The molecule has 102 valence electrons. The Kier molecular flexibility index (Phi) is 2.38. The SMILES string of the molecule is CC(C)(C)N1C(=O)C2(Br)C3CCC(C3)C2S1(=O)=O. The van der Waals surface area contributed by atoms with Gasteiger partial charge in [-0.15, -0.1) is 0 Å². The van der Waals surface area contributed by atoms with E-state index in [1.54, 1.807) is 20.8 Å². The number of halogens is 1. The number of carbonyl (C=O) groups is 1. The van der Waals surface area contributed by atoms with Crippen LogP contribution in [0.25, 0.3) is 0 Å². The van der Waals surface area contributed by atoms with E-state index in [1.807, 2.05) is 0 Å². The molecule has 1 aliphatic heterocycles. The number of carbonyl (C=O) groups excluding carboxylic acids is 1. The Morgan fingerprint density at radius 3 is 2.44 bits per heavy atom. The average Bonchev–Trinajstić information content (AvgIpc) is 2.76. The zero-order chi connectivity index (χ0) is 13.5. The standard InChI is InChI=1S/C12H18BrNO3S/c1-11(2,3)14-10(15)12(13)8-5-4-7(6-8)9(12)18(14,16)17/h7-9H,4-6H2,1-3H3. The van der Waals surface area contributed by atoms with Crippen LogP contribution in [0.15, 0.2) is 0 Å². The van der Waals surface area contributed by atoms with Gasteiger partial charge in [-0.1, -0.05) is 15.9 Å². The van der Waals surface area contributed by atoms with Gasteiger partial charge < -0.3 is 0 Å². The molecule has 0 radical (unpaired) electrons. The van der Waals surface area contributed by atoms with E-state index in [-0.39, 0.29) is 17.7 Å². The van der Waals surface area contributed by atoms with Crippen LogP contribution in [-0.4, -0.2) is 33.7 Å². The van der Waals surface area contributed by atoms with Crippen molar-refractivity contribution in [3.8, 4) is 0 Å². The molecule has 1 amide bonds. The van der Waals surface area contributed by atoms with Gasteiger partial charge in [0.1, 0.15) is 9.57 Å². The van der Waals surface area contributed by atoms with E-state index >= 15 is 0 Å². The number of rotatable bonds is 0. The first-order valence-corrected chi connectivity index (χ1v) is 8.68. The van der Waals surface area contributed by atoms with Gasteiger partial charge in [-0.3, -0.25) is 4.79 Å². The molecule has 4 nitrogen and oxygen atoms in total. The molecule has 6 heteroatoms. The highest BCUT2D eigenvalue weighted by Gasteiger charge is 2.74. The highest BCUT2D eigenvalue weighted by molar-refractivity contribution is 9.10. The number of hydrogen-bond donors (Lipinski definition) is 0. The normalized spacial score (nSPS) is 45.7. The molecule has 4 atom stereocenters. The Morgan fingerprint density at radius 1 is 1.33 bits per heavy atom. The summed E-state index contributed by atoms with van der Waals surface area (Å²) < 4.78 is 25.7. The Bertz CT molecular complexity index is 524. The minimum absolute atomic E-state index is 0.149. The molecule has 0 spiro atoms. The fourth-order valence-electron chi connectivity index (χ4n) is 4.08. The van der Waals surface area contributed by atoms with E-state index < -0.39 is 25.1 Å². The second-order valence-corrected chi connectivity index (χ2v) is 9.96. The highest BCUT2D eigenvalue weighted by atomic mass is 79.9. The number of hydrogen-bond acceptors (Lipinski definition) is 3. The fourth-order valence-corrected chi connectivity index (χ4v) is 8.70. The van der Waals surface area contributed by atoms with E-state index in [1.165, 1.54) is 0 Å². The van der Waals surface area contributed by atoms with E-state index in [4.69, 9.17) is 0 Å². The first-order valence-electron chi connectivity index (χ1n) is 6.39. The molecule has 1 saturated heterocycles. The van der Waals surface area contributed by atoms with Crippen molar-refractivity contribution in [3.05, 3.63) is 0 Å². The van der Waals surface area contributed by atoms with Crippen LogP contribution in [0, 0.1) is 11.8 Å². The van der Waals surface area contributed by atoms with Crippen molar-refractivity contribution < 1.29 is 13.2 Å². The Labute approximate surface area is 116 Å². The molecular formula is C12H18BrNO3S. The Balaban J connectivity index is 2.19. The third-order valence-electron chi connectivity index (χ3n) is 4.61. The first-order chi connectivity index (χ1) is 8.11. The van der Waals surface area contributed by atoms with Crippen molar-refractivity contribution >= 4 is 31.9 Å². The van der Waals surface area contributed by atoms with Crippen molar-refractivity contribution in [1.29, 1.82) is 0 Å². The van der Waals surface area contributed by atoms with Crippen molar-refractivity contribution in [2.75, 3.05) is 0 Å². The van der Waals surface area contributed by atoms with Crippen LogP contribution in [-0.2, 0) is 14.8 Å². The van der Waals surface area contributed by atoms with Gasteiger partial charge in [0.15, 0.2) is 0 Å². The van der Waals surface area contributed by atoms with Gasteiger partial charge in [-0.25, -0.2) is 12.7 Å². The van der Waals surface area contributed by atoms with Crippen molar-refractivity contribution in [2.24, 2.45) is 11.8 Å². The number of fused-ring (bicyclic) bond motifs is 5. The predicted molar refractivity (Wildman–Crippen MR) is 71.8 cm³/mol. The molecule has 1 heterocycles. The smallest absolute Gasteiger partial charge is 0.255 e. The molecule has 2 bridgehead atoms. The largest absolute Gasteiger partial charge is 0.272 e. The second-order valence-electron chi connectivity index (χ2n) is 6.74. The second kappa shape index (κ2) is 3.32. The Morgan fingerprint density at radius 2 is 1.94 bits per heavy atom. The van der Waals surface area contributed by atoms with E-state index in [0.29, 0.717) is 0 Å². The maximum Gasteiger partial charge on any atom is 0.255 e. The fraction of sp³-hybridized carbons (Fsp3) is 0.917. The quantitative estimate of drug-likeness (QED) is 0.635. The maximum absolute atomic E-state index is 12.7. The molecule has 3 aliphatic rings. The number of sulfonamides is 1. The van der Waals surface area contributed by atoms with Crippen LogP contribution in [0.5, 0.6) is 0 Å². The molecule has 0 aromatic rings. The van der Waals surface area contributed by atoms with Crippen LogP contribution >= 0.6 is 15.9 Å². The summed E-state index contributed by atoms with van der Waals surface area (Å²) in [6.07, 6.45) is 2.78. The monoisotopic (exact) mass is 335 g/mol. The van der Waals surface area contributed by atoms with Crippen molar-refractivity contribution in [3.63, 3.8) is 0 Å². The van der Waals surface area contributed by atoms with Crippen LogP contribution < -0.4 is 0 Å². The minimum Gasteiger partial charge on any atom is -0.272 e. The molecule has 18 heavy (non-hydrogen) atoms. The van der Waals surface area contributed by atoms with E-state index in [2.05, 4.69) is 15.9 Å². The number of alkyl halides is 1. The number of amides is 1. The zero-order valence-corrected chi connectivity index (χ0v) is 13.2. The highest BCUT2D eigenvalue weighted by Crippen LogP contribution is 2.62. The minimum atomic E-state index is -3.52. The van der Waals surface area contributed by atoms with Gasteiger partial charge in [-0.2, -0.15) is 0 Å². The van der Waals surface area contributed by atoms with Gasteiger partial charge in [0.25, 0.3) is 5.91 Å². The maximum atomic E-state index is 12.7. The lowest BCUT2D eigenvalue weighted by molar-refractivity contribution is -0.131. The Hall–Kier alpha value is -0.100. The van der Waals surface area contributed by atoms with Gasteiger partial charge in [0.2, 0.25) is 10.0 Å². The van der Waals surface area contributed by atoms with Crippen LogP contribution in [0.3, 0.4) is 0 Å². The molecule has 2 aliphatic carbocycles. The van der Waals surface area contributed by atoms with Gasteiger partial charge in [0, 0.05) is 0 Å². The summed E-state index contributed by atoms with van der Waals surface area (Å²) in [5.74, 6) is 0.0880. The molecule has 4 unspecified atom stereocenters. The summed E-state index contributed by atoms with van der Waals surface area (Å²) in [6, 6.07) is 0. The number of nitrogens with zero attached hydrogens (tertiary/aromatic N) is 1. The molecule has 0 aromatic carbocycles. The first kappa shape index (κ1) is 12.9. The van der Waals surface area contributed by atoms with E-state index in [0.717, 1.165) is 23.6 Å². The summed E-state index contributed by atoms with van der Waals surface area (Å²) in [5.41, 5.74) is -0.680. The summed E-state index contributed by atoms with van der Waals surface area (Å²) in [5, 5.41) is -0.546. The molecule has 0 aromatic heterocycles. The summed E-state index contributed by atoms with van der Waals surface area (Å²) in [7, 11) is -3.52. The summed E-state index contributed by atoms with van der Waals surface area (Å²) in [6.45, 7) is 5.34. The lowest BCUT2D eigenvalue weighted by Gasteiger charge is -2.32. The zero-order valence-electron chi connectivity index (χ0n) is 10.8. The lowest BCUT2D eigenvalue weighted by Crippen LogP contribution is -2.49. The predicted octanol–water partition coefficient (Wildman–Crippen LogP) is 1.89. The molecule has 3 fully saturated rings. The third kappa shape index (κ3) is 1.26. The van der Waals surface area contributed by atoms with Crippen LogP contribution in [0.2, 0.25) is 0 Å². The third-order valence-corrected chi connectivity index (χ3v) is 9.01. The van der Waals surface area contributed by atoms with Gasteiger partial charge in [-0.05, 0) is 51.9 Å². The van der Waals surface area contributed by atoms with Gasteiger partial charge in [0.05, 0.1) is 5.54 Å². The summed E-state index contributed by atoms with van der Waals surface area (Å²) in [4.78, 5) is 12.7.